The first kappa shape index (κ1) is 13.5. The van der Waals surface area contributed by atoms with Gasteiger partial charge in [-0.15, -0.1) is 0 Å². The van der Waals surface area contributed by atoms with Crippen molar-refractivity contribution in [2.75, 3.05) is 13.7 Å². The van der Waals surface area contributed by atoms with Crippen LogP contribution in [0.2, 0.25) is 0 Å². The highest BCUT2D eigenvalue weighted by Crippen LogP contribution is 2.15. The summed E-state index contributed by atoms with van der Waals surface area (Å²) < 4.78 is 0. The molecule has 6 heteroatoms. The molecular weight excluding hydrogens is 222 g/mol. The van der Waals surface area contributed by atoms with E-state index >= 15 is 0 Å². The van der Waals surface area contributed by atoms with Gasteiger partial charge in [-0.3, -0.25) is 4.90 Å². The topological polar surface area (TPSA) is 86.6 Å². The number of aliphatic hydroxyl groups excluding tert-OH is 1. The molecule has 0 aromatic carbocycles. The van der Waals surface area contributed by atoms with Crippen molar-refractivity contribution < 1.29 is 15.0 Å². The standard InChI is InChI=1S/C11H17N3O3/c1-11(2,6-15)14(3)5-9-8(10(16)17)4-12-7-13-9/h4,7,15H,5-6H2,1-3H3,(H,16,17). The summed E-state index contributed by atoms with van der Waals surface area (Å²) >= 11 is 0. The number of hydrogen-bond acceptors (Lipinski definition) is 5. The first-order chi connectivity index (χ1) is 7.88. The van der Waals surface area contributed by atoms with Crippen molar-refractivity contribution in [3.05, 3.63) is 23.8 Å². The number of carboxylic acid groups (broad SMARTS) is 1. The molecule has 0 atom stereocenters. The maximum atomic E-state index is 11.0. The van der Waals surface area contributed by atoms with E-state index in [1.807, 2.05) is 25.8 Å². The number of likely N-dealkylation sites (N-methyl/N-ethyl adjacent to an activating group) is 1. The summed E-state index contributed by atoms with van der Waals surface area (Å²) in [6.07, 6.45) is 2.60. The van der Waals surface area contributed by atoms with Crippen LogP contribution in [0.3, 0.4) is 0 Å². The highest BCUT2D eigenvalue weighted by molar-refractivity contribution is 5.88. The van der Waals surface area contributed by atoms with Gasteiger partial charge in [0.2, 0.25) is 0 Å². The monoisotopic (exact) mass is 239 g/mol. The predicted octanol–water partition coefficient (Wildman–Crippen LogP) is 0.378. The first-order valence-corrected chi connectivity index (χ1v) is 5.22. The number of aromatic carboxylic acids is 1. The van der Waals surface area contributed by atoms with Gasteiger partial charge in [-0.2, -0.15) is 0 Å². The molecule has 17 heavy (non-hydrogen) atoms. The molecule has 1 aromatic heterocycles. The van der Waals surface area contributed by atoms with Crippen LogP contribution in [0.1, 0.15) is 29.9 Å². The van der Waals surface area contributed by atoms with Gasteiger partial charge >= 0.3 is 5.97 Å². The van der Waals surface area contributed by atoms with Crippen LogP contribution in [-0.4, -0.2) is 50.2 Å². The molecular formula is C11H17N3O3. The van der Waals surface area contributed by atoms with Crippen LogP contribution < -0.4 is 0 Å². The van der Waals surface area contributed by atoms with Crippen LogP contribution in [0.15, 0.2) is 12.5 Å². The average molecular weight is 239 g/mol. The van der Waals surface area contributed by atoms with Crippen LogP contribution in [-0.2, 0) is 6.54 Å². The summed E-state index contributed by atoms with van der Waals surface area (Å²) in [6.45, 7) is 4.07. The van der Waals surface area contributed by atoms with Gasteiger partial charge in [-0.05, 0) is 20.9 Å². The molecule has 0 saturated carbocycles. The zero-order chi connectivity index (χ0) is 13.1. The molecule has 94 valence electrons. The molecule has 0 unspecified atom stereocenters. The summed E-state index contributed by atoms with van der Waals surface area (Å²) in [5.41, 5.74) is 0.102. The van der Waals surface area contributed by atoms with Crippen LogP contribution in [0.4, 0.5) is 0 Å². The fourth-order valence-electron chi connectivity index (χ4n) is 1.22. The molecule has 0 spiro atoms. The molecule has 0 aliphatic rings. The van der Waals surface area contributed by atoms with Crippen LogP contribution in [0.25, 0.3) is 0 Å². The van der Waals surface area contributed by atoms with Crippen LogP contribution in [0, 0.1) is 0 Å². The zero-order valence-corrected chi connectivity index (χ0v) is 10.2. The summed E-state index contributed by atoms with van der Waals surface area (Å²) in [5.74, 6) is -1.05. The molecule has 0 bridgehead atoms. The molecule has 2 N–H and O–H groups in total. The second-order valence-electron chi connectivity index (χ2n) is 4.51. The Bertz CT molecular complexity index is 407. The highest BCUT2D eigenvalue weighted by atomic mass is 16.4. The Hall–Kier alpha value is -1.53. The maximum absolute atomic E-state index is 11.0. The number of carboxylic acids is 1. The van der Waals surface area contributed by atoms with E-state index in [1.54, 1.807) is 0 Å². The zero-order valence-electron chi connectivity index (χ0n) is 10.2. The largest absolute Gasteiger partial charge is 0.478 e. The minimum atomic E-state index is -1.05. The van der Waals surface area contributed by atoms with E-state index in [2.05, 4.69) is 9.97 Å². The van der Waals surface area contributed by atoms with Gasteiger partial charge < -0.3 is 10.2 Å². The Morgan fingerprint density at radius 3 is 2.71 bits per heavy atom. The summed E-state index contributed by atoms with van der Waals surface area (Å²) in [4.78, 5) is 20.5. The van der Waals surface area contributed by atoms with Crippen molar-refractivity contribution in [1.29, 1.82) is 0 Å². The number of nitrogens with zero attached hydrogens (tertiary/aromatic N) is 3. The molecule has 0 radical (unpaired) electrons. The Morgan fingerprint density at radius 1 is 1.53 bits per heavy atom. The summed E-state index contributed by atoms with van der Waals surface area (Å²) in [7, 11) is 1.81. The van der Waals surface area contributed by atoms with Gasteiger partial charge in [-0.25, -0.2) is 14.8 Å². The van der Waals surface area contributed by atoms with Crippen molar-refractivity contribution in [1.82, 2.24) is 14.9 Å². The minimum Gasteiger partial charge on any atom is -0.478 e. The predicted molar refractivity (Wildman–Crippen MR) is 61.6 cm³/mol. The minimum absolute atomic E-state index is 0.0169. The molecule has 1 aromatic rings. The lowest BCUT2D eigenvalue weighted by atomic mass is 10.0. The van der Waals surface area contributed by atoms with Crippen molar-refractivity contribution in [2.24, 2.45) is 0 Å². The molecule has 1 rings (SSSR count). The third-order valence-electron chi connectivity index (χ3n) is 2.83. The quantitative estimate of drug-likeness (QED) is 0.772. The third-order valence-corrected chi connectivity index (χ3v) is 2.83. The SMILES string of the molecule is CN(Cc1ncncc1C(=O)O)C(C)(C)CO. The van der Waals surface area contributed by atoms with Crippen molar-refractivity contribution in [3.8, 4) is 0 Å². The lowest BCUT2D eigenvalue weighted by molar-refractivity contribution is 0.0663. The Kier molecular flexibility index (Phi) is 4.14. The van der Waals surface area contributed by atoms with E-state index < -0.39 is 11.5 Å². The number of aromatic nitrogens is 2. The fourth-order valence-corrected chi connectivity index (χ4v) is 1.22. The van der Waals surface area contributed by atoms with Crippen molar-refractivity contribution in [3.63, 3.8) is 0 Å². The molecule has 0 fully saturated rings. The summed E-state index contributed by atoms with van der Waals surface area (Å²) in [5, 5.41) is 18.2. The second kappa shape index (κ2) is 5.20. The maximum Gasteiger partial charge on any atom is 0.339 e. The highest BCUT2D eigenvalue weighted by Gasteiger charge is 2.24. The van der Waals surface area contributed by atoms with Gasteiger partial charge in [0, 0.05) is 18.3 Å². The average Bonchev–Trinajstić information content (AvgIpc) is 2.29. The summed E-state index contributed by atoms with van der Waals surface area (Å²) in [6, 6.07) is 0. The normalized spacial score (nSPS) is 11.8. The molecule has 0 amide bonds. The first-order valence-electron chi connectivity index (χ1n) is 5.22. The number of carbonyl (C=O) groups is 1. The molecule has 0 saturated heterocycles. The molecule has 0 aliphatic carbocycles. The molecule has 0 aliphatic heterocycles. The Balaban J connectivity index is 2.92. The van der Waals surface area contributed by atoms with E-state index in [0.717, 1.165) is 0 Å². The number of aliphatic hydroxyl groups is 1. The third kappa shape index (κ3) is 3.21. The molecule has 1 heterocycles. The van der Waals surface area contributed by atoms with E-state index in [9.17, 15) is 9.90 Å². The smallest absolute Gasteiger partial charge is 0.339 e. The van der Waals surface area contributed by atoms with E-state index in [4.69, 9.17) is 5.11 Å². The van der Waals surface area contributed by atoms with Crippen molar-refractivity contribution in [2.45, 2.75) is 25.9 Å². The van der Waals surface area contributed by atoms with E-state index in [0.29, 0.717) is 12.2 Å². The fraction of sp³-hybridized carbons (Fsp3) is 0.545. The van der Waals surface area contributed by atoms with Crippen LogP contribution in [0.5, 0.6) is 0 Å². The van der Waals surface area contributed by atoms with Gasteiger partial charge in [0.1, 0.15) is 11.9 Å². The molecule has 6 nitrogen and oxygen atoms in total. The van der Waals surface area contributed by atoms with E-state index in [1.165, 1.54) is 12.5 Å². The van der Waals surface area contributed by atoms with Gasteiger partial charge in [0.25, 0.3) is 0 Å². The Labute approximate surface area is 99.9 Å². The van der Waals surface area contributed by atoms with Crippen LogP contribution >= 0.6 is 0 Å². The lowest BCUT2D eigenvalue weighted by Gasteiger charge is -2.33. The van der Waals surface area contributed by atoms with Crippen molar-refractivity contribution >= 4 is 5.97 Å². The Morgan fingerprint density at radius 2 is 2.18 bits per heavy atom. The van der Waals surface area contributed by atoms with Gasteiger partial charge in [0.05, 0.1) is 12.3 Å². The van der Waals surface area contributed by atoms with Gasteiger partial charge in [0.15, 0.2) is 0 Å². The lowest BCUT2D eigenvalue weighted by Crippen LogP contribution is -2.44. The van der Waals surface area contributed by atoms with Gasteiger partial charge in [-0.1, -0.05) is 0 Å². The number of hydrogen-bond donors (Lipinski definition) is 2. The van der Waals surface area contributed by atoms with E-state index in [-0.39, 0.29) is 12.2 Å². The number of rotatable bonds is 5. The second-order valence-corrected chi connectivity index (χ2v) is 4.51.